The van der Waals surface area contributed by atoms with Crippen LogP contribution in [0.2, 0.25) is 10.0 Å². The molecule has 100 valence electrons. The van der Waals surface area contributed by atoms with Gasteiger partial charge in [0, 0.05) is 11.1 Å². The first kappa shape index (κ1) is 14.2. The zero-order chi connectivity index (χ0) is 14.5. The number of carbonyl (C=O) groups excluding carboxylic acids is 1. The van der Waals surface area contributed by atoms with Gasteiger partial charge in [-0.15, -0.1) is 0 Å². The summed E-state index contributed by atoms with van der Waals surface area (Å²) in [6, 6.07) is 9.76. The van der Waals surface area contributed by atoms with Gasteiger partial charge in [0.25, 0.3) is 5.91 Å². The Labute approximate surface area is 125 Å². The van der Waals surface area contributed by atoms with Gasteiger partial charge in [-0.25, -0.2) is 0 Å². The summed E-state index contributed by atoms with van der Waals surface area (Å²) in [5.74, 6) is -0.179. The molecule has 4 nitrogen and oxygen atoms in total. The van der Waals surface area contributed by atoms with E-state index < -0.39 is 5.91 Å². The third kappa shape index (κ3) is 3.41. The van der Waals surface area contributed by atoms with Gasteiger partial charge in [-0.3, -0.25) is 4.79 Å². The summed E-state index contributed by atoms with van der Waals surface area (Å²) in [5.41, 5.74) is 0.237. The smallest absolute Gasteiger partial charge is 0.266 e. The van der Waals surface area contributed by atoms with Crippen LogP contribution in [0.15, 0.2) is 46.6 Å². The molecule has 6 heteroatoms. The molecule has 1 aromatic carbocycles. The lowest BCUT2D eigenvalue weighted by Gasteiger charge is -2.06. The zero-order valence-corrected chi connectivity index (χ0v) is 11.6. The van der Waals surface area contributed by atoms with Gasteiger partial charge >= 0.3 is 0 Å². The van der Waals surface area contributed by atoms with Gasteiger partial charge in [0.2, 0.25) is 0 Å². The molecule has 0 radical (unpaired) electrons. The highest BCUT2D eigenvalue weighted by atomic mass is 35.5. The number of hydrogen-bond acceptors (Lipinski definition) is 3. The summed E-state index contributed by atoms with van der Waals surface area (Å²) in [4.78, 5) is 12.0. The van der Waals surface area contributed by atoms with Gasteiger partial charge in [-0.1, -0.05) is 23.2 Å². The first-order valence-electron chi connectivity index (χ1n) is 5.52. The summed E-state index contributed by atoms with van der Waals surface area (Å²) >= 11 is 11.8. The van der Waals surface area contributed by atoms with Crippen molar-refractivity contribution < 1.29 is 9.21 Å². The summed E-state index contributed by atoms with van der Waals surface area (Å²) in [5, 5.41) is 12.3. The van der Waals surface area contributed by atoms with Crippen LogP contribution in [0.5, 0.6) is 0 Å². The number of halogens is 2. The van der Waals surface area contributed by atoms with Crippen molar-refractivity contribution in [1.82, 2.24) is 0 Å². The highest BCUT2D eigenvalue weighted by Crippen LogP contribution is 2.25. The van der Waals surface area contributed by atoms with Gasteiger partial charge in [0.15, 0.2) is 0 Å². The van der Waals surface area contributed by atoms with Gasteiger partial charge in [0.1, 0.15) is 17.4 Å². The molecular weight excluding hydrogens is 299 g/mol. The SMILES string of the molecule is N#C/C(=C\c1ccco1)C(=O)Nc1cc(Cl)ccc1Cl. The lowest BCUT2D eigenvalue weighted by atomic mass is 10.2. The van der Waals surface area contributed by atoms with Crippen LogP contribution in [0.1, 0.15) is 5.76 Å². The normalized spacial score (nSPS) is 10.9. The highest BCUT2D eigenvalue weighted by molar-refractivity contribution is 6.36. The third-order valence-corrected chi connectivity index (χ3v) is 2.94. The monoisotopic (exact) mass is 306 g/mol. The molecule has 2 aromatic rings. The van der Waals surface area contributed by atoms with Gasteiger partial charge < -0.3 is 9.73 Å². The van der Waals surface area contributed by atoms with Gasteiger partial charge in [-0.05, 0) is 30.3 Å². The van der Waals surface area contributed by atoms with E-state index in [-0.39, 0.29) is 5.57 Å². The number of carbonyl (C=O) groups is 1. The Morgan fingerprint density at radius 3 is 2.80 bits per heavy atom. The number of amides is 1. The number of anilines is 1. The predicted molar refractivity (Wildman–Crippen MR) is 77.4 cm³/mol. The van der Waals surface area contributed by atoms with Crippen LogP contribution >= 0.6 is 23.2 Å². The summed E-state index contributed by atoms with van der Waals surface area (Å²) in [6.07, 6.45) is 2.79. The molecule has 0 bridgehead atoms. The fourth-order valence-electron chi connectivity index (χ4n) is 1.45. The summed E-state index contributed by atoms with van der Waals surface area (Å²) in [7, 11) is 0. The molecule has 0 atom stereocenters. The lowest BCUT2D eigenvalue weighted by Crippen LogP contribution is -2.13. The number of nitrogens with zero attached hydrogens (tertiary/aromatic N) is 1. The minimum Gasteiger partial charge on any atom is -0.465 e. The van der Waals surface area contributed by atoms with E-state index >= 15 is 0 Å². The van der Waals surface area contributed by atoms with Gasteiger partial charge in [0.05, 0.1) is 17.0 Å². The van der Waals surface area contributed by atoms with E-state index in [4.69, 9.17) is 32.9 Å². The van der Waals surface area contributed by atoms with Crippen LogP contribution in [0.25, 0.3) is 6.08 Å². The molecule has 1 aromatic heterocycles. The van der Waals surface area contributed by atoms with Crippen molar-refractivity contribution in [2.75, 3.05) is 5.32 Å². The van der Waals surface area contributed by atoms with Crippen molar-refractivity contribution >= 4 is 40.9 Å². The van der Waals surface area contributed by atoms with E-state index in [0.29, 0.717) is 21.5 Å². The Hall–Kier alpha value is -2.22. The maximum absolute atomic E-state index is 12.0. The van der Waals surface area contributed by atoms with Crippen LogP contribution < -0.4 is 5.32 Å². The maximum Gasteiger partial charge on any atom is 0.266 e. The number of nitrogens with one attached hydrogen (secondary N) is 1. The van der Waals surface area contributed by atoms with E-state index in [2.05, 4.69) is 5.32 Å². The van der Waals surface area contributed by atoms with Crippen LogP contribution in [-0.2, 0) is 4.79 Å². The van der Waals surface area contributed by atoms with E-state index in [1.165, 1.54) is 18.4 Å². The minimum absolute atomic E-state index is 0.101. The molecule has 0 aliphatic heterocycles. The molecule has 0 saturated carbocycles. The molecule has 0 aliphatic carbocycles. The van der Waals surface area contributed by atoms with E-state index in [1.807, 2.05) is 6.07 Å². The Kier molecular flexibility index (Phi) is 4.46. The molecule has 0 fully saturated rings. The molecule has 1 heterocycles. The largest absolute Gasteiger partial charge is 0.465 e. The van der Waals surface area contributed by atoms with E-state index in [9.17, 15) is 4.79 Å². The molecule has 0 saturated heterocycles. The van der Waals surface area contributed by atoms with Gasteiger partial charge in [-0.2, -0.15) is 5.26 Å². The number of nitriles is 1. The first-order valence-corrected chi connectivity index (χ1v) is 6.27. The number of rotatable bonds is 3. The zero-order valence-electron chi connectivity index (χ0n) is 10.1. The Morgan fingerprint density at radius 2 is 2.15 bits per heavy atom. The maximum atomic E-state index is 12.0. The number of benzene rings is 1. The fourth-order valence-corrected chi connectivity index (χ4v) is 1.78. The first-order chi connectivity index (χ1) is 9.60. The van der Waals surface area contributed by atoms with Crippen LogP contribution in [0.4, 0.5) is 5.69 Å². The third-order valence-electron chi connectivity index (χ3n) is 2.37. The van der Waals surface area contributed by atoms with Crippen LogP contribution in [0, 0.1) is 11.3 Å². The quantitative estimate of drug-likeness (QED) is 0.685. The molecule has 0 aliphatic rings. The summed E-state index contributed by atoms with van der Waals surface area (Å²) in [6.45, 7) is 0. The second kappa shape index (κ2) is 6.29. The average molecular weight is 307 g/mol. The molecule has 0 spiro atoms. The van der Waals surface area contributed by atoms with Crippen molar-refractivity contribution in [3.8, 4) is 6.07 Å². The summed E-state index contributed by atoms with van der Waals surface area (Å²) < 4.78 is 5.05. The van der Waals surface area contributed by atoms with Crippen LogP contribution in [-0.4, -0.2) is 5.91 Å². The van der Waals surface area contributed by atoms with E-state index in [0.717, 1.165) is 0 Å². The molecule has 1 N–H and O–H groups in total. The molecular formula is C14H8Cl2N2O2. The average Bonchev–Trinajstić information content (AvgIpc) is 2.93. The predicted octanol–water partition coefficient (Wildman–Crippen LogP) is 4.13. The lowest BCUT2D eigenvalue weighted by molar-refractivity contribution is -0.112. The second-order valence-electron chi connectivity index (χ2n) is 3.76. The number of furan rings is 1. The van der Waals surface area contributed by atoms with E-state index in [1.54, 1.807) is 24.3 Å². The van der Waals surface area contributed by atoms with Crippen molar-refractivity contribution in [3.63, 3.8) is 0 Å². The van der Waals surface area contributed by atoms with Crippen molar-refractivity contribution in [3.05, 3.63) is 58.0 Å². The molecule has 1 amide bonds. The van der Waals surface area contributed by atoms with Crippen molar-refractivity contribution in [2.45, 2.75) is 0 Å². The molecule has 0 unspecified atom stereocenters. The second-order valence-corrected chi connectivity index (χ2v) is 4.61. The Morgan fingerprint density at radius 1 is 1.35 bits per heavy atom. The van der Waals surface area contributed by atoms with Crippen molar-refractivity contribution in [2.24, 2.45) is 0 Å². The topological polar surface area (TPSA) is 66.0 Å². The standard InChI is InChI=1S/C14H8Cl2N2O2/c15-10-3-4-12(16)13(7-10)18-14(19)9(8-17)6-11-2-1-5-20-11/h1-7H,(H,18,19)/b9-6+. The molecule has 2 rings (SSSR count). The Bertz CT molecular complexity index is 700. The minimum atomic E-state index is -0.590. The molecule has 20 heavy (non-hydrogen) atoms. The number of hydrogen-bond donors (Lipinski definition) is 1. The fraction of sp³-hybridized carbons (Fsp3) is 0. The van der Waals surface area contributed by atoms with Crippen LogP contribution in [0.3, 0.4) is 0 Å². The Balaban J connectivity index is 2.23. The highest BCUT2D eigenvalue weighted by Gasteiger charge is 2.12. The van der Waals surface area contributed by atoms with Crippen molar-refractivity contribution in [1.29, 1.82) is 5.26 Å².